The Labute approximate surface area is 134 Å². The highest BCUT2D eigenvalue weighted by atomic mass is 16.5. The minimum Gasteiger partial charge on any atom is -0.462 e. The lowest BCUT2D eigenvalue weighted by Crippen LogP contribution is -2.19. The molecule has 0 aliphatic rings. The number of allylic oxidation sites excluding steroid dienone is 1. The van der Waals surface area contributed by atoms with E-state index >= 15 is 0 Å². The molecule has 22 heavy (non-hydrogen) atoms. The number of hydrogen-bond donors (Lipinski definition) is 0. The van der Waals surface area contributed by atoms with Crippen LogP contribution in [0.3, 0.4) is 0 Å². The minimum absolute atomic E-state index is 0.103. The lowest BCUT2D eigenvalue weighted by Gasteiger charge is -2.15. The molecule has 0 saturated carbocycles. The van der Waals surface area contributed by atoms with Crippen molar-refractivity contribution in [2.45, 2.75) is 31.8 Å². The van der Waals surface area contributed by atoms with E-state index in [9.17, 15) is 9.59 Å². The maximum atomic E-state index is 11.8. The van der Waals surface area contributed by atoms with Gasteiger partial charge >= 0.3 is 11.9 Å². The van der Waals surface area contributed by atoms with Crippen LogP contribution >= 0.6 is 0 Å². The van der Waals surface area contributed by atoms with E-state index < -0.39 is 5.97 Å². The summed E-state index contributed by atoms with van der Waals surface area (Å²) in [6.45, 7) is 11.1. The van der Waals surface area contributed by atoms with Crippen molar-refractivity contribution in [2.75, 3.05) is 27.2 Å². The first-order chi connectivity index (χ1) is 10.5. The molecule has 0 rings (SSSR count). The van der Waals surface area contributed by atoms with Crippen LogP contribution in [0.5, 0.6) is 0 Å². The Kier molecular flexibility index (Phi) is 12.1. The van der Waals surface area contributed by atoms with Crippen LogP contribution in [-0.2, 0) is 19.1 Å². The number of rotatable bonds is 11. The van der Waals surface area contributed by atoms with E-state index in [0.717, 1.165) is 13.0 Å². The number of carbonyl (C=O) groups excluding carboxylic acids is 2. The molecule has 0 aliphatic carbocycles. The lowest BCUT2D eigenvalue weighted by atomic mass is 10.1. The zero-order valence-corrected chi connectivity index (χ0v) is 13.4. The van der Waals surface area contributed by atoms with Crippen LogP contribution in [0.15, 0.2) is 24.3 Å². The van der Waals surface area contributed by atoms with Crippen molar-refractivity contribution in [3.8, 4) is 0 Å². The molecule has 0 aliphatic heterocycles. The summed E-state index contributed by atoms with van der Waals surface area (Å²) in [5.41, 5.74) is 0. The van der Waals surface area contributed by atoms with Gasteiger partial charge < -0.3 is 14.4 Å². The van der Waals surface area contributed by atoms with Crippen molar-refractivity contribution in [3.05, 3.63) is 38.2 Å². The monoisotopic (exact) mass is 307 g/mol. The molecule has 0 aromatic heterocycles. The quantitative estimate of drug-likeness (QED) is 0.432. The van der Waals surface area contributed by atoms with Gasteiger partial charge in [-0.25, -0.2) is 0 Å². The molecule has 1 atom stereocenters. The van der Waals surface area contributed by atoms with Gasteiger partial charge in [0.25, 0.3) is 0 Å². The lowest BCUT2D eigenvalue weighted by molar-refractivity contribution is -0.148. The fourth-order valence-electron chi connectivity index (χ4n) is 1.65. The first-order valence-corrected chi connectivity index (χ1v) is 7.23. The molecule has 5 heteroatoms. The second kappa shape index (κ2) is 13.1. The van der Waals surface area contributed by atoms with Crippen molar-refractivity contribution in [1.82, 2.24) is 4.90 Å². The first-order valence-electron chi connectivity index (χ1n) is 7.23. The van der Waals surface area contributed by atoms with E-state index in [1.807, 2.05) is 19.0 Å². The summed E-state index contributed by atoms with van der Waals surface area (Å²) < 4.78 is 9.98. The normalized spacial score (nSPS) is 13.0. The Morgan fingerprint density at radius 3 is 2.45 bits per heavy atom. The van der Waals surface area contributed by atoms with Crippen LogP contribution in [0.4, 0.5) is 0 Å². The van der Waals surface area contributed by atoms with E-state index in [-0.39, 0.29) is 18.7 Å². The fourth-order valence-corrected chi connectivity index (χ4v) is 1.65. The van der Waals surface area contributed by atoms with Crippen molar-refractivity contribution in [2.24, 2.45) is 0 Å². The van der Waals surface area contributed by atoms with E-state index in [2.05, 4.69) is 4.74 Å². The SMILES string of the molecule is [CH]/C=C\CC(C/C=C\COC([CH])=O)OC(=O)CCCN(C)C. The van der Waals surface area contributed by atoms with Gasteiger partial charge in [0, 0.05) is 19.3 Å². The summed E-state index contributed by atoms with van der Waals surface area (Å²) in [6.07, 6.45) is 8.52. The molecule has 0 heterocycles. The molecule has 4 radical (unpaired) electrons. The molecular weight excluding hydrogens is 282 g/mol. The predicted molar refractivity (Wildman–Crippen MR) is 84.7 cm³/mol. The van der Waals surface area contributed by atoms with Crippen molar-refractivity contribution in [1.29, 1.82) is 0 Å². The van der Waals surface area contributed by atoms with Gasteiger partial charge in [-0.2, -0.15) is 0 Å². The molecule has 0 saturated heterocycles. The van der Waals surface area contributed by atoms with Crippen LogP contribution in [0.2, 0.25) is 0 Å². The Balaban J connectivity index is 4.15. The predicted octanol–water partition coefficient (Wildman–Crippen LogP) is 2.10. The third kappa shape index (κ3) is 13.4. The van der Waals surface area contributed by atoms with E-state index in [4.69, 9.17) is 18.6 Å². The summed E-state index contributed by atoms with van der Waals surface area (Å²) in [5.74, 6) is -1.04. The summed E-state index contributed by atoms with van der Waals surface area (Å²) >= 11 is 0. The Bertz CT molecular complexity index is 375. The number of carbonyl (C=O) groups is 2. The smallest absolute Gasteiger partial charge is 0.311 e. The first kappa shape index (κ1) is 20.4. The Hall–Kier alpha value is -1.62. The summed E-state index contributed by atoms with van der Waals surface area (Å²) in [6, 6.07) is 0. The van der Waals surface area contributed by atoms with Crippen LogP contribution in [0, 0.1) is 13.8 Å². The average Bonchev–Trinajstić information content (AvgIpc) is 2.43. The van der Waals surface area contributed by atoms with Gasteiger partial charge in [-0.3, -0.25) is 9.59 Å². The highest BCUT2D eigenvalue weighted by molar-refractivity contribution is 5.73. The molecule has 0 spiro atoms. The van der Waals surface area contributed by atoms with Crippen LogP contribution < -0.4 is 0 Å². The van der Waals surface area contributed by atoms with E-state index in [0.29, 0.717) is 19.3 Å². The Morgan fingerprint density at radius 1 is 1.18 bits per heavy atom. The molecule has 0 aromatic rings. The van der Waals surface area contributed by atoms with E-state index in [1.165, 1.54) is 6.08 Å². The third-order valence-electron chi connectivity index (χ3n) is 2.71. The Morgan fingerprint density at radius 2 is 1.86 bits per heavy atom. The van der Waals surface area contributed by atoms with Gasteiger partial charge in [0.2, 0.25) is 0 Å². The highest BCUT2D eigenvalue weighted by Gasteiger charge is 2.11. The van der Waals surface area contributed by atoms with Gasteiger partial charge in [0.1, 0.15) is 12.7 Å². The summed E-state index contributed by atoms with van der Waals surface area (Å²) in [5, 5.41) is 0. The zero-order valence-electron chi connectivity index (χ0n) is 13.4. The molecule has 0 N–H and O–H groups in total. The number of esters is 2. The average molecular weight is 307 g/mol. The van der Waals surface area contributed by atoms with Gasteiger partial charge in [-0.1, -0.05) is 24.3 Å². The number of ether oxygens (including phenoxy) is 2. The number of hydrogen-bond acceptors (Lipinski definition) is 5. The van der Waals surface area contributed by atoms with Crippen molar-refractivity contribution < 1.29 is 19.1 Å². The second-order valence-corrected chi connectivity index (χ2v) is 5.02. The van der Waals surface area contributed by atoms with Crippen LogP contribution in [0.1, 0.15) is 25.7 Å². The maximum absolute atomic E-state index is 11.8. The fraction of sp³-hybridized carbons (Fsp3) is 0.529. The number of nitrogens with zero attached hydrogens (tertiary/aromatic N) is 1. The van der Waals surface area contributed by atoms with Crippen LogP contribution in [0.25, 0.3) is 0 Å². The molecule has 1 unspecified atom stereocenters. The van der Waals surface area contributed by atoms with Gasteiger partial charge in [-0.15, -0.1) is 0 Å². The molecule has 5 nitrogen and oxygen atoms in total. The molecule has 0 fully saturated rings. The van der Waals surface area contributed by atoms with Crippen molar-refractivity contribution in [3.63, 3.8) is 0 Å². The van der Waals surface area contributed by atoms with Gasteiger partial charge in [0.15, 0.2) is 0 Å². The largest absolute Gasteiger partial charge is 0.462 e. The standard InChI is InChI=1S/C17H25NO4/c1-5-6-10-16(11-7-8-14-21-15(2)19)22-17(20)12-9-13-18(3)4/h1-2,5-8,16H,9-14H2,3-4H3/b6-5-,8-7-. The molecule has 0 amide bonds. The molecule has 122 valence electrons. The molecule has 0 aromatic carbocycles. The molecule has 0 bridgehead atoms. The molecular formula is C17H25NO4. The third-order valence-corrected chi connectivity index (χ3v) is 2.71. The summed E-state index contributed by atoms with van der Waals surface area (Å²) in [7, 11) is 3.91. The van der Waals surface area contributed by atoms with E-state index in [1.54, 1.807) is 18.2 Å². The van der Waals surface area contributed by atoms with Gasteiger partial charge in [0.05, 0.1) is 6.92 Å². The second-order valence-electron chi connectivity index (χ2n) is 5.02. The van der Waals surface area contributed by atoms with Gasteiger partial charge in [-0.05, 0) is 34.0 Å². The van der Waals surface area contributed by atoms with Crippen molar-refractivity contribution >= 4 is 11.9 Å². The zero-order chi connectivity index (χ0) is 16.8. The maximum Gasteiger partial charge on any atom is 0.311 e. The van der Waals surface area contributed by atoms with Crippen LogP contribution in [-0.4, -0.2) is 50.2 Å². The topological polar surface area (TPSA) is 55.8 Å². The highest BCUT2D eigenvalue weighted by Crippen LogP contribution is 2.09. The summed E-state index contributed by atoms with van der Waals surface area (Å²) in [4.78, 5) is 24.2. The minimum atomic E-state index is -0.820.